The van der Waals surface area contributed by atoms with E-state index in [0.717, 1.165) is 25.9 Å². The van der Waals surface area contributed by atoms with E-state index in [1.165, 1.54) is 12.3 Å². The van der Waals surface area contributed by atoms with E-state index in [1.807, 2.05) is 18.7 Å². The Morgan fingerprint density at radius 1 is 1.57 bits per heavy atom. The molecule has 0 radical (unpaired) electrons. The quantitative estimate of drug-likeness (QED) is 0.661. The minimum absolute atomic E-state index is 0.0296. The molecule has 1 aliphatic heterocycles. The molecule has 1 aromatic rings. The summed E-state index contributed by atoms with van der Waals surface area (Å²) in [5.74, 6) is -0.124. The summed E-state index contributed by atoms with van der Waals surface area (Å²) in [4.78, 5) is 25.0. The summed E-state index contributed by atoms with van der Waals surface area (Å²) >= 11 is 0. The number of aryl methyl sites for hydroxylation is 1. The van der Waals surface area contributed by atoms with Gasteiger partial charge in [0.25, 0.3) is 11.6 Å². The summed E-state index contributed by atoms with van der Waals surface area (Å²) in [7, 11) is 0. The lowest BCUT2D eigenvalue weighted by Gasteiger charge is -2.34. The standard InChI is InChI=1S/C14H22N4O3/c1-3-16-10-12(18(20)21)8-13(16)14(19)17(4-2)11-6-5-7-15-9-11/h8,10-11,15H,3-7,9H2,1-2H3. The molecule has 116 valence electrons. The number of hydrogen-bond donors (Lipinski definition) is 1. The van der Waals surface area contributed by atoms with Gasteiger partial charge in [0.15, 0.2) is 0 Å². The molecule has 0 aromatic carbocycles. The minimum Gasteiger partial charge on any atom is -0.337 e. The number of carbonyl (C=O) groups is 1. The van der Waals surface area contributed by atoms with Crippen molar-refractivity contribution in [3.63, 3.8) is 0 Å². The van der Waals surface area contributed by atoms with Gasteiger partial charge in [0.05, 0.1) is 11.1 Å². The summed E-state index contributed by atoms with van der Waals surface area (Å²) in [6.07, 6.45) is 3.45. The van der Waals surface area contributed by atoms with Crippen LogP contribution in [0, 0.1) is 10.1 Å². The highest BCUT2D eigenvalue weighted by atomic mass is 16.6. The molecular formula is C14H22N4O3. The van der Waals surface area contributed by atoms with Gasteiger partial charge in [0.2, 0.25) is 0 Å². The predicted octanol–water partition coefficient (Wildman–Crippen LogP) is 1.63. The zero-order valence-electron chi connectivity index (χ0n) is 12.5. The van der Waals surface area contributed by atoms with Gasteiger partial charge in [0.1, 0.15) is 5.69 Å². The van der Waals surface area contributed by atoms with Crippen molar-refractivity contribution in [3.05, 3.63) is 28.1 Å². The Balaban J connectivity index is 2.26. The second-order valence-electron chi connectivity index (χ2n) is 5.22. The second kappa shape index (κ2) is 6.71. The summed E-state index contributed by atoms with van der Waals surface area (Å²) in [6.45, 7) is 6.73. The number of aromatic nitrogens is 1. The van der Waals surface area contributed by atoms with Crippen LogP contribution in [0.2, 0.25) is 0 Å². The van der Waals surface area contributed by atoms with E-state index in [0.29, 0.717) is 18.8 Å². The van der Waals surface area contributed by atoms with Gasteiger partial charge in [-0.15, -0.1) is 0 Å². The first-order valence-electron chi connectivity index (χ1n) is 7.44. The molecule has 1 unspecified atom stereocenters. The van der Waals surface area contributed by atoms with Crippen molar-refractivity contribution in [1.29, 1.82) is 0 Å². The molecule has 0 aliphatic carbocycles. The van der Waals surface area contributed by atoms with Crippen LogP contribution in [0.5, 0.6) is 0 Å². The van der Waals surface area contributed by atoms with Crippen molar-refractivity contribution in [3.8, 4) is 0 Å². The summed E-state index contributed by atoms with van der Waals surface area (Å²) in [5.41, 5.74) is 0.370. The van der Waals surface area contributed by atoms with E-state index in [9.17, 15) is 14.9 Å². The molecule has 0 spiro atoms. The third kappa shape index (κ3) is 3.24. The zero-order valence-corrected chi connectivity index (χ0v) is 12.5. The van der Waals surface area contributed by atoms with Gasteiger partial charge in [-0.25, -0.2) is 0 Å². The molecule has 1 atom stereocenters. The number of hydrogen-bond acceptors (Lipinski definition) is 4. The summed E-state index contributed by atoms with van der Waals surface area (Å²) in [6, 6.07) is 1.54. The average molecular weight is 294 g/mol. The molecule has 2 heterocycles. The minimum atomic E-state index is -0.457. The Hall–Kier alpha value is -1.89. The average Bonchev–Trinajstić information content (AvgIpc) is 2.93. The fraction of sp³-hybridized carbons (Fsp3) is 0.643. The maximum Gasteiger partial charge on any atom is 0.287 e. The molecule has 0 saturated carbocycles. The number of piperidine rings is 1. The van der Waals surface area contributed by atoms with E-state index in [2.05, 4.69) is 5.32 Å². The number of nitrogens with one attached hydrogen (secondary N) is 1. The van der Waals surface area contributed by atoms with Gasteiger partial charge >= 0.3 is 0 Å². The molecule has 1 saturated heterocycles. The Bertz CT molecular complexity index is 520. The third-order valence-corrected chi connectivity index (χ3v) is 3.97. The van der Waals surface area contributed by atoms with Crippen LogP contribution in [0.4, 0.5) is 5.69 Å². The molecule has 2 rings (SSSR count). The van der Waals surface area contributed by atoms with Crippen molar-refractivity contribution >= 4 is 11.6 Å². The van der Waals surface area contributed by atoms with E-state index in [1.54, 1.807) is 4.57 Å². The van der Waals surface area contributed by atoms with Gasteiger partial charge in [-0.3, -0.25) is 14.9 Å². The molecular weight excluding hydrogens is 272 g/mol. The number of amides is 1. The maximum atomic E-state index is 12.7. The predicted molar refractivity (Wildman–Crippen MR) is 79.4 cm³/mol. The lowest BCUT2D eigenvalue weighted by atomic mass is 10.1. The molecule has 1 aliphatic rings. The highest BCUT2D eigenvalue weighted by Gasteiger charge is 2.28. The van der Waals surface area contributed by atoms with Gasteiger partial charge in [-0.1, -0.05) is 0 Å². The van der Waals surface area contributed by atoms with Gasteiger partial charge < -0.3 is 14.8 Å². The fourth-order valence-corrected chi connectivity index (χ4v) is 2.85. The SMILES string of the molecule is CCN(C(=O)c1cc([N+](=O)[O-])cn1CC)C1CCCNC1. The molecule has 7 nitrogen and oxygen atoms in total. The lowest BCUT2D eigenvalue weighted by molar-refractivity contribution is -0.384. The molecule has 1 N–H and O–H groups in total. The van der Waals surface area contributed by atoms with Crippen LogP contribution in [-0.2, 0) is 6.54 Å². The monoisotopic (exact) mass is 294 g/mol. The highest BCUT2D eigenvalue weighted by molar-refractivity contribution is 5.93. The highest BCUT2D eigenvalue weighted by Crippen LogP contribution is 2.20. The number of likely N-dealkylation sites (N-methyl/N-ethyl adjacent to an activating group) is 1. The topological polar surface area (TPSA) is 80.4 Å². The van der Waals surface area contributed by atoms with E-state index in [4.69, 9.17) is 0 Å². The van der Waals surface area contributed by atoms with Crippen LogP contribution in [0.1, 0.15) is 37.2 Å². The fourth-order valence-electron chi connectivity index (χ4n) is 2.85. The Labute approximate surface area is 124 Å². The number of nitro groups is 1. The lowest BCUT2D eigenvalue weighted by Crippen LogP contribution is -2.49. The van der Waals surface area contributed by atoms with Gasteiger partial charge in [-0.2, -0.15) is 0 Å². The number of rotatable bonds is 5. The summed E-state index contributed by atoms with van der Waals surface area (Å²) < 4.78 is 1.65. The maximum absolute atomic E-state index is 12.7. The number of nitrogens with zero attached hydrogens (tertiary/aromatic N) is 3. The first kappa shape index (κ1) is 15.5. The van der Waals surface area contributed by atoms with E-state index >= 15 is 0 Å². The van der Waals surface area contributed by atoms with Crippen LogP contribution in [0.15, 0.2) is 12.3 Å². The molecule has 1 fully saturated rings. The Morgan fingerprint density at radius 2 is 2.33 bits per heavy atom. The molecule has 0 bridgehead atoms. The van der Waals surface area contributed by atoms with Gasteiger partial charge in [-0.05, 0) is 33.2 Å². The van der Waals surface area contributed by atoms with Crippen LogP contribution in [0.3, 0.4) is 0 Å². The first-order chi connectivity index (χ1) is 10.1. The first-order valence-corrected chi connectivity index (χ1v) is 7.44. The molecule has 21 heavy (non-hydrogen) atoms. The van der Waals surface area contributed by atoms with Crippen LogP contribution in [-0.4, -0.2) is 46.0 Å². The largest absolute Gasteiger partial charge is 0.337 e. The van der Waals surface area contributed by atoms with Gasteiger partial charge in [0, 0.05) is 31.7 Å². The second-order valence-corrected chi connectivity index (χ2v) is 5.22. The van der Waals surface area contributed by atoms with Crippen LogP contribution >= 0.6 is 0 Å². The molecule has 1 amide bonds. The van der Waals surface area contributed by atoms with Crippen LogP contribution in [0.25, 0.3) is 0 Å². The van der Waals surface area contributed by atoms with E-state index < -0.39 is 4.92 Å². The van der Waals surface area contributed by atoms with Crippen molar-refractivity contribution in [2.24, 2.45) is 0 Å². The van der Waals surface area contributed by atoms with Crippen molar-refractivity contribution < 1.29 is 9.72 Å². The normalized spacial score (nSPS) is 18.5. The van der Waals surface area contributed by atoms with Crippen molar-refractivity contribution in [1.82, 2.24) is 14.8 Å². The smallest absolute Gasteiger partial charge is 0.287 e. The Morgan fingerprint density at radius 3 is 2.86 bits per heavy atom. The van der Waals surface area contributed by atoms with E-state index in [-0.39, 0.29) is 17.6 Å². The van der Waals surface area contributed by atoms with Crippen molar-refractivity contribution in [2.45, 2.75) is 39.3 Å². The summed E-state index contributed by atoms with van der Waals surface area (Å²) in [5, 5.41) is 14.2. The van der Waals surface area contributed by atoms with Crippen molar-refractivity contribution in [2.75, 3.05) is 19.6 Å². The third-order valence-electron chi connectivity index (χ3n) is 3.97. The molecule has 7 heteroatoms. The number of carbonyl (C=O) groups excluding carboxylic acids is 1. The zero-order chi connectivity index (χ0) is 15.4. The molecule has 1 aromatic heterocycles. The van der Waals surface area contributed by atoms with Crippen LogP contribution < -0.4 is 5.32 Å². The Kier molecular flexibility index (Phi) is 4.95.